The molecule has 0 spiro atoms. The average Bonchev–Trinajstić information content (AvgIpc) is 3.09. The van der Waals surface area contributed by atoms with Crippen molar-refractivity contribution >= 4 is 27.5 Å². The maximum atomic E-state index is 12.9. The van der Waals surface area contributed by atoms with Crippen LogP contribution in [0.4, 0.5) is 5.69 Å². The molecule has 2 heterocycles. The number of anilines is 1. The summed E-state index contributed by atoms with van der Waals surface area (Å²) in [5.74, 6) is 1.16. The summed E-state index contributed by atoms with van der Waals surface area (Å²) in [5, 5.41) is 0. The minimum absolute atomic E-state index is 0.00855. The van der Waals surface area contributed by atoms with E-state index >= 15 is 0 Å². The van der Waals surface area contributed by atoms with Gasteiger partial charge in [-0.1, -0.05) is 34.1 Å². The third-order valence-corrected chi connectivity index (χ3v) is 4.81. The highest BCUT2D eigenvalue weighted by atomic mass is 79.9. The molecule has 124 valence electrons. The van der Waals surface area contributed by atoms with E-state index in [1.54, 1.807) is 6.07 Å². The number of benzene rings is 2. The lowest BCUT2D eigenvalue weighted by Crippen LogP contribution is -2.48. The summed E-state index contributed by atoms with van der Waals surface area (Å²) >= 11 is 3.43. The van der Waals surface area contributed by atoms with Crippen LogP contribution < -0.4 is 14.4 Å². The summed E-state index contributed by atoms with van der Waals surface area (Å²) < 4.78 is 11.7. The van der Waals surface area contributed by atoms with E-state index in [1.165, 1.54) is 5.69 Å². The zero-order valence-electron chi connectivity index (χ0n) is 13.1. The molecule has 1 amide bonds. The maximum Gasteiger partial charge on any atom is 0.257 e. The van der Waals surface area contributed by atoms with Gasteiger partial charge in [-0.15, -0.1) is 0 Å². The number of amides is 1. The molecule has 0 N–H and O–H groups in total. The van der Waals surface area contributed by atoms with E-state index in [2.05, 4.69) is 33.0 Å². The second-order valence-electron chi connectivity index (χ2n) is 5.80. The van der Waals surface area contributed by atoms with Crippen LogP contribution in [0.1, 0.15) is 10.4 Å². The normalized spacial score (nSPS) is 16.4. The second kappa shape index (κ2) is 6.36. The highest BCUT2D eigenvalue weighted by Crippen LogP contribution is 2.39. The molecule has 2 aliphatic heterocycles. The Morgan fingerprint density at radius 2 is 1.75 bits per heavy atom. The minimum atomic E-state index is -0.00855. The lowest BCUT2D eigenvalue weighted by Gasteiger charge is -2.36. The number of rotatable bonds is 2. The Morgan fingerprint density at radius 3 is 2.50 bits per heavy atom. The Hall–Kier alpha value is -2.21. The molecule has 0 bridgehead atoms. The van der Waals surface area contributed by atoms with Crippen molar-refractivity contribution in [3.63, 3.8) is 0 Å². The summed E-state index contributed by atoms with van der Waals surface area (Å²) in [7, 11) is 0. The topological polar surface area (TPSA) is 42.0 Å². The Morgan fingerprint density at radius 1 is 1.00 bits per heavy atom. The van der Waals surface area contributed by atoms with Crippen molar-refractivity contribution in [3.05, 3.63) is 52.5 Å². The van der Waals surface area contributed by atoms with Crippen LogP contribution in [0.15, 0.2) is 46.9 Å². The van der Waals surface area contributed by atoms with E-state index in [0.717, 1.165) is 17.6 Å². The van der Waals surface area contributed by atoms with Gasteiger partial charge < -0.3 is 19.3 Å². The summed E-state index contributed by atoms with van der Waals surface area (Å²) in [6.07, 6.45) is 0. The summed E-state index contributed by atoms with van der Waals surface area (Å²) in [4.78, 5) is 17.1. The molecule has 24 heavy (non-hydrogen) atoms. The Labute approximate surface area is 148 Å². The summed E-state index contributed by atoms with van der Waals surface area (Å²) in [6.45, 7) is 3.19. The van der Waals surface area contributed by atoms with Crippen LogP contribution in [-0.4, -0.2) is 43.8 Å². The van der Waals surface area contributed by atoms with Crippen LogP contribution in [-0.2, 0) is 0 Å². The molecule has 0 aliphatic carbocycles. The Kier molecular flexibility index (Phi) is 4.06. The van der Waals surface area contributed by atoms with E-state index in [9.17, 15) is 4.79 Å². The lowest BCUT2D eigenvalue weighted by molar-refractivity contribution is 0.0742. The van der Waals surface area contributed by atoms with Crippen LogP contribution in [0.5, 0.6) is 11.5 Å². The molecular weight excluding hydrogens is 372 g/mol. The highest BCUT2D eigenvalue weighted by molar-refractivity contribution is 9.10. The third-order valence-electron chi connectivity index (χ3n) is 4.36. The van der Waals surface area contributed by atoms with Gasteiger partial charge in [-0.05, 0) is 24.3 Å². The van der Waals surface area contributed by atoms with E-state index < -0.39 is 0 Å². The fraction of sp³-hybridized carbons (Fsp3) is 0.278. The number of para-hydroxylation sites is 1. The van der Waals surface area contributed by atoms with Gasteiger partial charge in [0.2, 0.25) is 6.79 Å². The van der Waals surface area contributed by atoms with Crippen molar-refractivity contribution < 1.29 is 14.3 Å². The van der Waals surface area contributed by atoms with Crippen LogP contribution in [0, 0.1) is 0 Å². The van der Waals surface area contributed by atoms with Crippen LogP contribution >= 0.6 is 15.9 Å². The molecule has 0 atom stereocenters. The fourth-order valence-electron chi connectivity index (χ4n) is 3.11. The van der Waals surface area contributed by atoms with E-state index in [0.29, 0.717) is 30.2 Å². The maximum absolute atomic E-state index is 12.9. The third kappa shape index (κ3) is 2.82. The predicted molar refractivity (Wildman–Crippen MR) is 94.8 cm³/mol. The van der Waals surface area contributed by atoms with Gasteiger partial charge >= 0.3 is 0 Å². The number of nitrogens with zero attached hydrogens (tertiary/aromatic N) is 2. The fourth-order valence-corrected chi connectivity index (χ4v) is 3.55. The van der Waals surface area contributed by atoms with Crippen molar-refractivity contribution in [1.29, 1.82) is 0 Å². The van der Waals surface area contributed by atoms with Crippen molar-refractivity contribution in [2.45, 2.75) is 0 Å². The SMILES string of the molecule is O=C(c1cc(Br)cc2c1OCO2)N1CCN(c2ccccc2)CC1. The molecule has 6 heteroatoms. The summed E-state index contributed by atoms with van der Waals surface area (Å²) in [5.41, 5.74) is 1.76. The molecule has 1 fully saturated rings. The van der Waals surface area contributed by atoms with E-state index in [-0.39, 0.29) is 12.7 Å². The summed E-state index contributed by atoms with van der Waals surface area (Å²) in [6, 6.07) is 13.9. The molecule has 5 nitrogen and oxygen atoms in total. The smallest absolute Gasteiger partial charge is 0.257 e. The molecule has 0 aromatic heterocycles. The Bertz CT molecular complexity index is 758. The monoisotopic (exact) mass is 388 g/mol. The molecule has 0 radical (unpaired) electrons. The van der Waals surface area contributed by atoms with Crippen LogP contribution in [0.25, 0.3) is 0 Å². The van der Waals surface area contributed by atoms with Gasteiger partial charge in [-0.2, -0.15) is 0 Å². The largest absolute Gasteiger partial charge is 0.454 e. The van der Waals surface area contributed by atoms with Crippen molar-refractivity contribution in [2.75, 3.05) is 37.9 Å². The first-order valence-corrected chi connectivity index (χ1v) is 8.70. The molecular formula is C18H17BrN2O3. The van der Waals surface area contributed by atoms with Crippen molar-refractivity contribution in [2.24, 2.45) is 0 Å². The molecule has 4 rings (SSSR count). The Balaban J connectivity index is 1.49. The first-order valence-electron chi connectivity index (χ1n) is 7.91. The molecule has 1 saturated heterocycles. The van der Waals surface area contributed by atoms with Crippen molar-refractivity contribution in [3.8, 4) is 11.5 Å². The average molecular weight is 389 g/mol. The molecule has 2 aliphatic rings. The standard InChI is InChI=1S/C18H17BrN2O3/c19-13-10-15(17-16(11-13)23-12-24-17)18(22)21-8-6-20(7-9-21)14-4-2-1-3-5-14/h1-5,10-11H,6-9,12H2. The number of hydrogen-bond donors (Lipinski definition) is 0. The highest BCUT2D eigenvalue weighted by Gasteiger charge is 2.28. The quantitative estimate of drug-likeness (QED) is 0.792. The van der Waals surface area contributed by atoms with Gasteiger partial charge in [0, 0.05) is 36.3 Å². The molecule has 2 aromatic rings. The number of carbonyl (C=O) groups excluding carboxylic acids is 1. The molecule has 0 unspecified atom stereocenters. The zero-order chi connectivity index (χ0) is 16.5. The van der Waals surface area contributed by atoms with E-state index in [1.807, 2.05) is 29.2 Å². The van der Waals surface area contributed by atoms with Gasteiger partial charge in [-0.3, -0.25) is 4.79 Å². The van der Waals surface area contributed by atoms with Gasteiger partial charge in [-0.25, -0.2) is 0 Å². The first-order chi connectivity index (χ1) is 11.7. The number of ether oxygens (including phenoxy) is 2. The number of carbonyl (C=O) groups is 1. The lowest BCUT2D eigenvalue weighted by atomic mass is 10.1. The van der Waals surface area contributed by atoms with Gasteiger partial charge in [0.15, 0.2) is 11.5 Å². The van der Waals surface area contributed by atoms with Crippen molar-refractivity contribution in [1.82, 2.24) is 4.90 Å². The first kappa shape index (κ1) is 15.3. The number of hydrogen-bond acceptors (Lipinski definition) is 4. The van der Waals surface area contributed by atoms with Crippen LogP contribution in [0.2, 0.25) is 0 Å². The van der Waals surface area contributed by atoms with E-state index in [4.69, 9.17) is 9.47 Å². The molecule has 0 saturated carbocycles. The minimum Gasteiger partial charge on any atom is -0.454 e. The number of halogens is 1. The number of piperazine rings is 1. The predicted octanol–water partition coefficient (Wildman–Crippen LogP) is 3.14. The van der Waals surface area contributed by atoms with Gasteiger partial charge in [0.05, 0.1) is 5.56 Å². The second-order valence-corrected chi connectivity index (χ2v) is 6.72. The van der Waals surface area contributed by atoms with Gasteiger partial charge in [0.1, 0.15) is 0 Å². The zero-order valence-corrected chi connectivity index (χ0v) is 14.7. The van der Waals surface area contributed by atoms with Crippen LogP contribution in [0.3, 0.4) is 0 Å². The van der Waals surface area contributed by atoms with Gasteiger partial charge in [0.25, 0.3) is 5.91 Å². The number of fused-ring (bicyclic) bond motifs is 1. The molecule has 2 aromatic carbocycles.